The average Bonchev–Trinajstić information content (AvgIpc) is 3.26. The number of imidazole rings is 1. The Bertz CT molecular complexity index is 1350. The first-order valence-corrected chi connectivity index (χ1v) is 11.4. The van der Waals surface area contributed by atoms with E-state index in [1.807, 2.05) is 42.6 Å². The summed E-state index contributed by atoms with van der Waals surface area (Å²) in [7, 11) is 1.65. The van der Waals surface area contributed by atoms with Gasteiger partial charge in [0.15, 0.2) is 0 Å². The smallest absolute Gasteiger partial charge is 0.321 e. The third-order valence-electron chi connectivity index (χ3n) is 6.53. The number of likely N-dealkylation sites (tertiary alicyclic amines) is 1. The fourth-order valence-corrected chi connectivity index (χ4v) is 4.80. The van der Waals surface area contributed by atoms with Crippen LogP contribution in [0.3, 0.4) is 0 Å². The van der Waals surface area contributed by atoms with Gasteiger partial charge in [-0.2, -0.15) is 0 Å². The Morgan fingerprint density at radius 1 is 1.12 bits per heavy atom. The van der Waals surface area contributed by atoms with Crippen molar-refractivity contribution in [2.45, 2.75) is 25.2 Å². The van der Waals surface area contributed by atoms with E-state index in [2.05, 4.69) is 22.7 Å². The van der Waals surface area contributed by atoms with Crippen LogP contribution in [-0.4, -0.2) is 40.5 Å². The third-order valence-corrected chi connectivity index (χ3v) is 6.53. The molecule has 2 amide bonds. The molecule has 4 aromatic rings. The molecule has 0 radical (unpaired) electrons. The molecular weight excluding hydrogens is 431 g/mol. The van der Waals surface area contributed by atoms with Crippen LogP contribution in [0.1, 0.15) is 25.6 Å². The Labute approximate surface area is 198 Å². The summed E-state index contributed by atoms with van der Waals surface area (Å²) in [5.41, 5.74) is 2.67. The van der Waals surface area contributed by atoms with Gasteiger partial charge in [0.1, 0.15) is 17.4 Å². The molecule has 1 saturated heterocycles. The van der Waals surface area contributed by atoms with Crippen LogP contribution in [0.5, 0.6) is 5.75 Å². The van der Waals surface area contributed by atoms with E-state index in [0.717, 1.165) is 41.2 Å². The van der Waals surface area contributed by atoms with Gasteiger partial charge >= 0.3 is 6.03 Å². The molecule has 1 aliphatic heterocycles. The first kappa shape index (κ1) is 21.9. The molecule has 1 fully saturated rings. The molecule has 5 rings (SSSR count). The Hall–Kier alpha value is -3.87. The van der Waals surface area contributed by atoms with Crippen molar-refractivity contribution in [1.29, 1.82) is 0 Å². The van der Waals surface area contributed by atoms with Gasteiger partial charge < -0.3 is 19.4 Å². The summed E-state index contributed by atoms with van der Waals surface area (Å²) in [6, 6.07) is 19.8. The molecule has 1 N–H and O–H groups in total. The molecule has 2 aromatic heterocycles. The van der Waals surface area contributed by atoms with Crippen LogP contribution >= 0.6 is 0 Å². The zero-order chi connectivity index (χ0) is 23.7. The van der Waals surface area contributed by atoms with Gasteiger partial charge in [0, 0.05) is 30.3 Å². The molecule has 6 nitrogen and oxygen atoms in total. The average molecular weight is 459 g/mol. The molecule has 0 bridgehead atoms. The number of ether oxygens (including phenoxy) is 1. The van der Waals surface area contributed by atoms with Gasteiger partial charge in [0.25, 0.3) is 0 Å². The van der Waals surface area contributed by atoms with Crippen molar-refractivity contribution in [2.75, 3.05) is 25.5 Å². The maximum atomic E-state index is 14.1. The minimum atomic E-state index is -0.446. The van der Waals surface area contributed by atoms with Gasteiger partial charge in [-0.05, 0) is 49.2 Å². The van der Waals surface area contributed by atoms with Crippen LogP contribution in [0.25, 0.3) is 16.8 Å². The lowest BCUT2D eigenvalue weighted by atomic mass is 9.81. The van der Waals surface area contributed by atoms with E-state index < -0.39 is 5.82 Å². The molecule has 0 aliphatic carbocycles. The summed E-state index contributed by atoms with van der Waals surface area (Å²) in [6.45, 7) is 3.24. The minimum absolute atomic E-state index is 0.186. The maximum Gasteiger partial charge on any atom is 0.321 e. The molecule has 0 unspecified atom stereocenters. The second-order valence-corrected chi connectivity index (χ2v) is 8.97. The number of aromatic nitrogens is 2. The number of hydrogen-bond donors (Lipinski definition) is 1. The number of piperidine rings is 1. The summed E-state index contributed by atoms with van der Waals surface area (Å²) in [4.78, 5) is 19.9. The molecule has 34 heavy (non-hydrogen) atoms. The Morgan fingerprint density at radius 3 is 2.76 bits per heavy atom. The molecule has 3 heterocycles. The van der Waals surface area contributed by atoms with E-state index >= 15 is 0 Å². The lowest BCUT2D eigenvalue weighted by Gasteiger charge is -2.39. The summed E-state index contributed by atoms with van der Waals surface area (Å²) < 4.78 is 21.6. The summed E-state index contributed by atoms with van der Waals surface area (Å²) in [6.07, 6.45) is 3.74. The Kier molecular flexibility index (Phi) is 5.69. The van der Waals surface area contributed by atoms with E-state index in [4.69, 9.17) is 9.72 Å². The van der Waals surface area contributed by atoms with Gasteiger partial charge in [-0.25, -0.2) is 14.2 Å². The molecule has 1 atom stereocenters. The third kappa shape index (κ3) is 3.98. The van der Waals surface area contributed by atoms with Gasteiger partial charge in [-0.15, -0.1) is 0 Å². The summed E-state index contributed by atoms with van der Waals surface area (Å²) in [5.74, 6) is 1.23. The number of anilines is 1. The molecule has 0 saturated carbocycles. The number of nitrogens with one attached hydrogen (secondary N) is 1. The van der Waals surface area contributed by atoms with Crippen molar-refractivity contribution in [2.24, 2.45) is 0 Å². The molecular formula is C27H27FN4O2. The zero-order valence-corrected chi connectivity index (χ0v) is 19.3. The van der Waals surface area contributed by atoms with Crippen LogP contribution in [0.4, 0.5) is 14.9 Å². The molecule has 1 aliphatic rings. The largest absolute Gasteiger partial charge is 0.497 e. The zero-order valence-electron chi connectivity index (χ0n) is 19.3. The van der Waals surface area contributed by atoms with Crippen molar-refractivity contribution in [1.82, 2.24) is 14.3 Å². The number of amides is 2. The highest BCUT2D eigenvalue weighted by molar-refractivity contribution is 5.89. The van der Waals surface area contributed by atoms with Gasteiger partial charge in [0.2, 0.25) is 0 Å². The number of hydrogen-bond acceptors (Lipinski definition) is 3. The van der Waals surface area contributed by atoms with E-state index in [0.29, 0.717) is 13.1 Å². The van der Waals surface area contributed by atoms with Crippen LogP contribution in [0, 0.1) is 5.82 Å². The predicted molar refractivity (Wildman–Crippen MR) is 131 cm³/mol. The fourth-order valence-electron chi connectivity index (χ4n) is 4.80. The molecule has 174 valence electrons. The molecule has 0 spiro atoms. The highest BCUT2D eigenvalue weighted by Gasteiger charge is 2.38. The first-order valence-electron chi connectivity index (χ1n) is 11.4. The number of rotatable bonds is 4. The summed E-state index contributed by atoms with van der Waals surface area (Å²) >= 11 is 0. The van der Waals surface area contributed by atoms with Crippen LogP contribution in [0.2, 0.25) is 0 Å². The topological polar surface area (TPSA) is 58.9 Å². The van der Waals surface area contributed by atoms with Crippen molar-refractivity contribution in [3.63, 3.8) is 0 Å². The summed E-state index contributed by atoms with van der Waals surface area (Å²) in [5, 5.41) is 2.72. The van der Waals surface area contributed by atoms with Crippen LogP contribution in [-0.2, 0) is 5.41 Å². The monoisotopic (exact) mass is 458 g/mol. The Morgan fingerprint density at radius 2 is 1.94 bits per heavy atom. The van der Waals surface area contributed by atoms with E-state index in [1.165, 1.54) is 6.07 Å². The fraction of sp³-hybridized carbons (Fsp3) is 0.259. The number of methoxy groups -OCH3 is 1. The minimum Gasteiger partial charge on any atom is -0.497 e. The standard InChI is InChI=1S/C27H27FN4O2/c1-27(14-8-15-31(18-27)26(33)29-22-12-4-3-11-21(22)28)25-30-24(23-13-5-6-16-32(23)25)19-9-7-10-20(17-19)34-2/h3-7,9-13,16-17H,8,14-15,18H2,1-2H3,(H,29,33)/t27-/m0/s1. The van der Waals surface area contributed by atoms with E-state index in [9.17, 15) is 9.18 Å². The number of nitrogens with zero attached hydrogens (tertiary/aromatic N) is 3. The number of carbonyl (C=O) groups excluding carboxylic acids is 1. The number of para-hydroxylation sites is 1. The lowest BCUT2D eigenvalue weighted by Crippen LogP contribution is -2.49. The second kappa shape index (κ2) is 8.82. The normalized spacial score (nSPS) is 18.1. The van der Waals surface area contributed by atoms with E-state index in [-0.39, 0.29) is 17.1 Å². The first-order chi connectivity index (χ1) is 16.5. The number of carbonyl (C=O) groups is 1. The highest BCUT2D eigenvalue weighted by atomic mass is 19.1. The number of fused-ring (bicyclic) bond motifs is 1. The number of urea groups is 1. The van der Waals surface area contributed by atoms with Crippen molar-refractivity contribution in [3.8, 4) is 17.0 Å². The molecule has 2 aromatic carbocycles. The highest BCUT2D eigenvalue weighted by Crippen LogP contribution is 2.37. The van der Waals surface area contributed by atoms with E-state index in [1.54, 1.807) is 30.2 Å². The van der Waals surface area contributed by atoms with Crippen molar-refractivity contribution in [3.05, 3.63) is 84.6 Å². The Balaban J connectivity index is 1.49. The van der Waals surface area contributed by atoms with Crippen LogP contribution in [0.15, 0.2) is 72.9 Å². The number of halogens is 1. The SMILES string of the molecule is COc1cccc(-c2nc([C@@]3(C)CCCN(C(=O)Nc4ccccc4F)C3)n3ccccc23)c1. The quantitative estimate of drug-likeness (QED) is 0.425. The second-order valence-electron chi connectivity index (χ2n) is 8.97. The van der Waals surface area contributed by atoms with Crippen LogP contribution < -0.4 is 10.1 Å². The lowest BCUT2D eigenvalue weighted by molar-refractivity contribution is 0.163. The number of pyridine rings is 1. The predicted octanol–water partition coefficient (Wildman–Crippen LogP) is 5.73. The van der Waals surface area contributed by atoms with Crippen molar-refractivity contribution < 1.29 is 13.9 Å². The van der Waals surface area contributed by atoms with Crippen molar-refractivity contribution >= 4 is 17.2 Å². The van der Waals surface area contributed by atoms with Gasteiger partial charge in [-0.1, -0.05) is 37.3 Å². The van der Waals surface area contributed by atoms with Gasteiger partial charge in [-0.3, -0.25) is 0 Å². The number of benzene rings is 2. The van der Waals surface area contributed by atoms with Gasteiger partial charge in [0.05, 0.1) is 24.0 Å². The maximum absolute atomic E-state index is 14.1. The molecule has 7 heteroatoms.